The van der Waals surface area contributed by atoms with Gasteiger partial charge < -0.3 is 5.11 Å². The monoisotopic (exact) mass is 283 g/mol. The maximum atomic E-state index is 8.67. The smallest absolute Gasteiger partial charge is 0.208 e. The third kappa shape index (κ3) is 4.44. The van der Waals surface area contributed by atoms with Crippen molar-refractivity contribution >= 4 is 23.1 Å². The van der Waals surface area contributed by atoms with Crippen LogP contribution in [0.2, 0.25) is 0 Å². The summed E-state index contributed by atoms with van der Waals surface area (Å²) in [4.78, 5) is 5.75. The summed E-state index contributed by atoms with van der Waals surface area (Å²) in [6.45, 7) is 0.288. The number of hydrogen-bond donors (Lipinski definition) is 2. The summed E-state index contributed by atoms with van der Waals surface area (Å²) >= 11 is 3.41. The minimum atomic E-state index is 0.288. The molecule has 2 heterocycles. The predicted molar refractivity (Wildman–Crippen MR) is 75.2 cm³/mol. The van der Waals surface area contributed by atoms with Gasteiger partial charge in [-0.2, -0.15) is 0 Å². The van der Waals surface area contributed by atoms with Crippen molar-refractivity contribution in [2.75, 3.05) is 12.4 Å². The zero-order chi connectivity index (χ0) is 12.6. The second-order valence-electron chi connectivity index (χ2n) is 3.95. The highest BCUT2D eigenvalue weighted by atomic mass is 32.2. The molecular formula is C12H17N3OS2. The number of aromatic amines is 1. The van der Waals surface area contributed by atoms with Crippen LogP contribution in [-0.2, 0) is 6.42 Å². The van der Waals surface area contributed by atoms with E-state index in [0.29, 0.717) is 0 Å². The molecule has 2 rings (SSSR count). The number of nitrogens with one attached hydrogen (secondary N) is 1. The molecule has 2 N–H and O–H groups in total. The molecule has 0 atom stereocenters. The van der Waals surface area contributed by atoms with Crippen molar-refractivity contribution in [1.29, 1.82) is 0 Å². The second-order valence-corrected chi connectivity index (χ2v) is 6.05. The fourth-order valence-corrected chi connectivity index (χ4v) is 3.08. The third-order valence-electron chi connectivity index (χ3n) is 2.47. The quantitative estimate of drug-likeness (QED) is 0.577. The van der Waals surface area contributed by atoms with E-state index in [4.69, 9.17) is 5.11 Å². The van der Waals surface area contributed by atoms with E-state index >= 15 is 0 Å². The first-order valence-corrected chi connectivity index (χ1v) is 7.92. The molecular weight excluding hydrogens is 266 g/mol. The molecule has 6 heteroatoms. The largest absolute Gasteiger partial charge is 0.396 e. The van der Waals surface area contributed by atoms with E-state index in [1.165, 1.54) is 4.88 Å². The van der Waals surface area contributed by atoms with E-state index in [9.17, 15) is 0 Å². The number of aromatic nitrogens is 3. The van der Waals surface area contributed by atoms with Gasteiger partial charge in [0.15, 0.2) is 0 Å². The Labute approximate surface area is 115 Å². The molecule has 0 saturated heterocycles. The minimum absolute atomic E-state index is 0.288. The standard InChI is InChI=1S/C12H17N3OS2/c16-6-2-1-3-7-18-12-13-11(14-15-12)9-10-5-4-8-17-10/h4-5,8,16H,1-3,6-7,9H2,(H,13,14,15). The Hall–Kier alpha value is -0.850. The van der Waals surface area contributed by atoms with Crippen LogP contribution >= 0.6 is 23.1 Å². The molecule has 18 heavy (non-hydrogen) atoms. The van der Waals surface area contributed by atoms with Crippen molar-refractivity contribution < 1.29 is 5.11 Å². The molecule has 4 nitrogen and oxygen atoms in total. The van der Waals surface area contributed by atoms with Crippen molar-refractivity contribution in [2.24, 2.45) is 0 Å². The molecule has 0 aliphatic carbocycles. The summed E-state index contributed by atoms with van der Waals surface area (Å²) in [6.07, 6.45) is 3.88. The van der Waals surface area contributed by atoms with Gasteiger partial charge in [-0.15, -0.1) is 16.4 Å². The molecule has 0 unspecified atom stereocenters. The lowest BCUT2D eigenvalue weighted by molar-refractivity contribution is 0.284. The molecule has 0 aliphatic rings. The second kappa shape index (κ2) is 7.56. The van der Waals surface area contributed by atoms with Gasteiger partial charge in [0.25, 0.3) is 0 Å². The molecule has 0 spiro atoms. The van der Waals surface area contributed by atoms with E-state index in [1.54, 1.807) is 23.1 Å². The Morgan fingerprint density at radius 3 is 3.06 bits per heavy atom. The highest BCUT2D eigenvalue weighted by Gasteiger charge is 2.05. The van der Waals surface area contributed by atoms with Gasteiger partial charge in [0, 0.05) is 23.7 Å². The lowest BCUT2D eigenvalue weighted by Gasteiger charge is -1.96. The number of aliphatic hydroxyl groups excluding tert-OH is 1. The first kappa shape index (κ1) is 13.6. The maximum Gasteiger partial charge on any atom is 0.208 e. The fourth-order valence-electron chi connectivity index (χ4n) is 1.55. The van der Waals surface area contributed by atoms with Crippen molar-refractivity contribution in [3.05, 3.63) is 28.2 Å². The number of nitrogens with zero attached hydrogens (tertiary/aromatic N) is 2. The number of rotatable bonds is 8. The molecule has 0 saturated carbocycles. The number of thioether (sulfide) groups is 1. The molecule has 0 aromatic carbocycles. The molecule has 0 aliphatic heterocycles. The van der Waals surface area contributed by atoms with Crippen LogP contribution in [0.15, 0.2) is 22.7 Å². The van der Waals surface area contributed by atoms with Gasteiger partial charge in [0.1, 0.15) is 5.82 Å². The lowest BCUT2D eigenvalue weighted by atomic mass is 10.3. The van der Waals surface area contributed by atoms with Crippen LogP contribution in [0.5, 0.6) is 0 Å². The predicted octanol–water partition coefficient (Wildman–Crippen LogP) is 2.71. The molecule has 2 aromatic rings. The first-order valence-electron chi connectivity index (χ1n) is 6.06. The average Bonchev–Trinajstić information content (AvgIpc) is 3.02. The third-order valence-corrected chi connectivity index (χ3v) is 4.28. The first-order chi connectivity index (χ1) is 8.88. The van der Waals surface area contributed by atoms with Crippen molar-refractivity contribution in [2.45, 2.75) is 30.8 Å². The van der Waals surface area contributed by atoms with Gasteiger partial charge in [0.05, 0.1) is 0 Å². The zero-order valence-electron chi connectivity index (χ0n) is 10.1. The Balaban J connectivity index is 1.72. The SMILES string of the molecule is OCCCCCSc1n[nH]c(Cc2cccs2)n1. The van der Waals surface area contributed by atoms with Gasteiger partial charge in [-0.1, -0.05) is 24.2 Å². The van der Waals surface area contributed by atoms with E-state index in [1.807, 2.05) is 6.07 Å². The number of hydrogen-bond acceptors (Lipinski definition) is 5. The van der Waals surface area contributed by atoms with Crippen molar-refractivity contribution in [3.63, 3.8) is 0 Å². The van der Waals surface area contributed by atoms with Gasteiger partial charge >= 0.3 is 0 Å². The molecule has 0 amide bonds. The van der Waals surface area contributed by atoms with Gasteiger partial charge in [-0.3, -0.25) is 5.10 Å². The van der Waals surface area contributed by atoms with E-state index in [2.05, 4.69) is 26.6 Å². The molecule has 2 aromatic heterocycles. The van der Waals surface area contributed by atoms with Crippen LogP contribution in [0.1, 0.15) is 30.0 Å². The molecule has 0 radical (unpaired) electrons. The summed E-state index contributed by atoms with van der Waals surface area (Å²) < 4.78 is 0. The topological polar surface area (TPSA) is 61.8 Å². The van der Waals surface area contributed by atoms with Crippen molar-refractivity contribution in [1.82, 2.24) is 15.2 Å². The van der Waals surface area contributed by atoms with Crippen LogP contribution in [0.25, 0.3) is 0 Å². The highest BCUT2D eigenvalue weighted by Crippen LogP contribution is 2.17. The Morgan fingerprint density at radius 2 is 2.28 bits per heavy atom. The van der Waals surface area contributed by atoms with Gasteiger partial charge in [-0.25, -0.2) is 4.98 Å². The summed E-state index contributed by atoms with van der Waals surface area (Å²) in [5.74, 6) is 1.94. The van der Waals surface area contributed by atoms with Gasteiger partial charge in [-0.05, 0) is 24.3 Å². The summed E-state index contributed by atoms with van der Waals surface area (Å²) in [5, 5.41) is 18.7. The number of thiophene rings is 1. The lowest BCUT2D eigenvalue weighted by Crippen LogP contribution is -1.88. The van der Waals surface area contributed by atoms with Crippen molar-refractivity contribution in [3.8, 4) is 0 Å². The summed E-state index contributed by atoms with van der Waals surface area (Å²) in [7, 11) is 0. The van der Waals surface area contributed by atoms with Crippen LogP contribution in [-0.4, -0.2) is 32.6 Å². The van der Waals surface area contributed by atoms with Crippen LogP contribution in [0.4, 0.5) is 0 Å². The number of aliphatic hydroxyl groups is 1. The summed E-state index contributed by atoms with van der Waals surface area (Å²) in [5.41, 5.74) is 0. The van der Waals surface area contributed by atoms with Crippen LogP contribution < -0.4 is 0 Å². The normalized spacial score (nSPS) is 10.9. The molecule has 0 bridgehead atoms. The zero-order valence-corrected chi connectivity index (χ0v) is 11.8. The Morgan fingerprint density at radius 1 is 1.33 bits per heavy atom. The van der Waals surface area contributed by atoms with Gasteiger partial charge in [0.2, 0.25) is 5.16 Å². The maximum absolute atomic E-state index is 8.67. The number of H-pyrrole nitrogens is 1. The Bertz CT molecular complexity index is 442. The Kier molecular flexibility index (Phi) is 5.70. The fraction of sp³-hybridized carbons (Fsp3) is 0.500. The minimum Gasteiger partial charge on any atom is -0.396 e. The van der Waals surface area contributed by atoms with Crippen LogP contribution in [0, 0.1) is 0 Å². The van der Waals surface area contributed by atoms with Crippen LogP contribution in [0.3, 0.4) is 0 Å². The van der Waals surface area contributed by atoms with E-state index in [-0.39, 0.29) is 6.61 Å². The molecule has 98 valence electrons. The van der Waals surface area contributed by atoms with E-state index in [0.717, 1.165) is 42.4 Å². The average molecular weight is 283 g/mol. The molecule has 0 fully saturated rings. The van der Waals surface area contributed by atoms with E-state index < -0.39 is 0 Å². The number of unbranched alkanes of at least 4 members (excludes halogenated alkanes) is 2. The summed E-state index contributed by atoms with van der Waals surface area (Å²) in [6, 6.07) is 4.15. The highest BCUT2D eigenvalue weighted by molar-refractivity contribution is 7.99.